The molecule has 5 nitrogen and oxygen atoms in total. The van der Waals surface area contributed by atoms with Crippen LogP contribution in [-0.2, 0) is 14.3 Å². The van der Waals surface area contributed by atoms with E-state index in [0.717, 1.165) is 12.8 Å². The van der Waals surface area contributed by atoms with Gasteiger partial charge in [0, 0.05) is 12.6 Å². The van der Waals surface area contributed by atoms with E-state index in [1.54, 1.807) is 0 Å². The summed E-state index contributed by atoms with van der Waals surface area (Å²) in [6, 6.07) is 0.344. The van der Waals surface area contributed by atoms with Crippen molar-refractivity contribution in [3.8, 4) is 0 Å². The largest absolute Gasteiger partial charge is 0.468 e. The summed E-state index contributed by atoms with van der Waals surface area (Å²) in [5, 5.41) is 2.76. The number of nitrogens with one attached hydrogen (secondary N) is 1. The maximum atomic E-state index is 11.6. The maximum Gasteiger partial charge on any atom is 0.319 e. The van der Waals surface area contributed by atoms with Crippen LogP contribution in [0.1, 0.15) is 32.6 Å². The Kier molecular flexibility index (Phi) is 5.97. The lowest BCUT2D eigenvalue weighted by atomic mass is 10.2. The van der Waals surface area contributed by atoms with E-state index in [1.807, 2.05) is 11.8 Å². The molecule has 0 aliphatic heterocycles. The summed E-state index contributed by atoms with van der Waals surface area (Å²) >= 11 is 0. The fourth-order valence-electron chi connectivity index (χ4n) is 2.25. The van der Waals surface area contributed by atoms with E-state index in [1.165, 1.54) is 20.0 Å². The van der Waals surface area contributed by atoms with Crippen molar-refractivity contribution in [2.24, 2.45) is 0 Å². The number of esters is 1. The zero-order valence-corrected chi connectivity index (χ0v) is 10.7. The van der Waals surface area contributed by atoms with Crippen LogP contribution in [0.4, 0.5) is 0 Å². The third-order valence-electron chi connectivity index (χ3n) is 3.12. The zero-order valence-electron chi connectivity index (χ0n) is 10.7. The SMILES string of the molecule is CCNC(=O)CN(CC(=O)OC)C1CCCC1. The second kappa shape index (κ2) is 7.27. The lowest BCUT2D eigenvalue weighted by molar-refractivity contribution is -0.143. The number of methoxy groups -OCH3 is 1. The van der Waals surface area contributed by atoms with Crippen LogP contribution in [0.5, 0.6) is 0 Å². The van der Waals surface area contributed by atoms with Gasteiger partial charge in [-0.3, -0.25) is 14.5 Å². The molecule has 1 saturated carbocycles. The van der Waals surface area contributed by atoms with Crippen molar-refractivity contribution >= 4 is 11.9 Å². The summed E-state index contributed by atoms with van der Waals surface area (Å²) in [4.78, 5) is 24.8. The summed E-state index contributed by atoms with van der Waals surface area (Å²) in [6.07, 6.45) is 4.49. The average Bonchev–Trinajstić information content (AvgIpc) is 2.81. The molecule has 1 aliphatic carbocycles. The van der Waals surface area contributed by atoms with Crippen LogP contribution < -0.4 is 5.32 Å². The molecule has 0 aromatic heterocycles. The number of nitrogens with zero attached hydrogens (tertiary/aromatic N) is 1. The summed E-state index contributed by atoms with van der Waals surface area (Å²) in [7, 11) is 1.38. The molecule has 17 heavy (non-hydrogen) atoms. The molecular weight excluding hydrogens is 220 g/mol. The molecular formula is C12H22N2O3. The fraction of sp³-hybridized carbons (Fsp3) is 0.833. The Bertz CT molecular complexity index is 262. The van der Waals surface area contributed by atoms with Gasteiger partial charge in [-0.05, 0) is 19.8 Å². The molecule has 0 heterocycles. The van der Waals surface area contributed by atoms with Gasteiger partial charge in [0.15, 0.2) is 0 Å². The van der Waals surface area contributed by atoms with Crippen LogP contribution in [0.3, 0.4) is 0 Å². The molecule has 0 radical (unpaired) electrons. The molecule has 0 aromatic rings. The molecule has 0 unspecified atom stereocenters. The van der Waals surface area contributed by atoms with E-state index < -0.39 is 0 Å². The molecule has 0 bridgehead atoms. The minimum atomic E-state index is -0.277. The van der Waals surface area contributed by atoms with Gasteiger partial charge in [-0.15, -0.1) is 0 Å². The highest BCUT2D eigenvalue weighted by Crippen LogP contribution is 2.23. The van der Waals surface area contributed by atoms with Gasteiger partial charge in [0.25, 0.3) is 0 Å². The molecule has 1 amide bonds. The molecule has 0 atom stereocenters. The van der Waals surface area contributed by atoms with Crippen molar-refractivity contribution in [2.75, 3.05) is 26.7 Å². The van der Waals surface area contributed by atoms with Gasteiger partial charge in [0.2, 0.25) is 5.91 Å². The average molecular weight is 242 g/mol. The van der Waals surface area contributed by atoms with Gasteiger partial charge >= 0.3 is 5.97 Å². The topological polar surface area (TPSA) is 58.6 Å². The van der Waals surface area contributed by atoms with Gasteiger partial charge < -0.3 is 10.1 Å². The number of carbonyl (C=O) groups is 2. The Morgan fingerprint density at radius 1 is 1.29 bits per heavy atom. The van der Waals surface area contributed by atoms with Gasteiger partial charge in [-0.1, -0.05) is 12.8 Å². The molecule has 0 aromatic carbocycles. The normalized spacial score (nSPS) is 16.2. The van der Waals surface area contributed by atoms with Gasteiger partial charge in [0.1, 0.15) is 0 Å². The third-order valence-corrected chi connectivity index (χ3v) is 3.12. The molecule has 98 valence electrons. The van der Waals surface area contributed by atoms with Crippen molar-refractivity contribution in [2.45, 2.75) is 38.6 Å². The monoisotopic (exact) mass is 242 g/mol. The first-order valence-corrected chi connectivity index (χ1v) is 6.25. The lowest BCUT2D eigenvalue weighted by Crippen LogP contribution is -2.44. The molecule has 1 N–H and O–H groups in total. The summed E-state index contributed by atoms with van der Waals surface area (Å²) in [5.74, 6) is -0.301. The predicted molar refractivity (Wildman–Crippen MR) is 64.5 cm³/mol. The maximum absolute atomic E-state index is 11.6. The number of carbonyl (C=O) groups excluding carboxylic acids is 2. The number of ether oxygens (including phenoxy) is 1. The fourth-order valence-corrected chi connectivity index (χ4v) is 2.25. The van der Waals surface area contributed by atoms with Crippen molar-refractivity contribution < 1.29 is 14.3 Å². The van der Waals surface area contributed by atoms with Crippen LogP contribution in [0.2, 0.25) is 0 Å². The minimum absolute atomic E-state index is 0.0247. The highest BCUT2D eigenvalue weighted by molar-refractivity contribution is 5.79. The summed E-state index contributed by atoms with van der Waals surface area (Å²) in [5.41, 5.74) is 0. The highest BCUT2D eigenvalue weighted by Gasteiger charge is 2.26. The van der Waals surface area contributed by atoms with E-state index in [2.05, 4.69) is 10.1 Å². The number of amides is 1. The van der Waals surface area contributed by atoms with E-state index in [-0.39, 0.29) is 25.0 Å². The molecule has 0 spiro atoms. The van der Waals surface area contributed by atoms with Crippen LogP contribution in [0, 0.1) is 0 Å². The summed E-state index contributed by atoms with van der Waals surface area (Å²) < 4.78 is 4.67. The molecule has 1 fully saturated rings. The van der Waals surface area contributed by atoms with Crippen molar-refractivity contribution in [1.82, 2.24) is 10.2 Å². The number of hydrogen-bond acceptors (Lipinski definition) is 4. The van der Waals surface area contributed by atoms with E-state index in [4.69, 9.17) is 0 Å². The lowest BCUT2D eigenvalue weighted by Gasteiger charge is -2.26. The Morgan fingerprint density at radius 2 is 1.94 bits per heavy atom. The van der Waals surface area contributed by atoms with Crippen LogP contribution in [0.25, 0.3) is 0 Å². The Hall–Kier alpha value is -1.10. The van der Waals surface area contributed by atoms with Crippen LogP contribution >= 0.6 is 0 Å². The van der Waals surface area contributed by atoms with Crippen LogP contribution in [0.15, 0.2) is 0 Å². The predicted octanol–water partition coefficient (Wildman–Crippen LogP) is 0.540. The molecule has 1 rings (SSSR count). The smallest absolute Gasteiger partial charge is 0.319 e. The number of likely N-dealkylation sites (N-methyl/N-ethyl adjacent to an activating group) is 1. The van der Waals surface area contributed by atoms with Gasteiger partial charge in [-0.25, -0.2) is 0 Å². The zero-order chi connectivity index (χ0) is 12.7. The first-order valence-electron chi connectivity index (χ1n) is 6.25. The minimum Gasteiger partial charge on any atom is -0.468 e. The third kappa shape index (κ3) is 4.73. The van der Waals surface area contributed by atoms with Gasteiger partial charge in [-0.2, -0.15) is 0 Å². The van der Waals surface area contributed by atoms with Crippen molar-refractivity contribution in [3.05, 3.63) is 0 Å². The van der Waals surface area contributed by atoms with Crippen LogP contribution in [-0.4, -0.2) is 49.6 Å². The summed E-state index contributed by atoms with van der Waals surface area (Å²) in [6.45, 7) is 3.00. The Morgan fingerprint density at radius 3 is 2.47 bits per heavy atom. The Labute approximate surface area is 102 Å². The number of rotatable bonds is 6. The molecule has 5 heteroatoms. The van der Waals surface area contributed by atoms with E-state index >= 15 is 0 Å². The van der Waals surface area contributed by atoms with E-state index in [9.17, 15) is 9.59 Å². The first kappa shape index (κ1) is 14.0. The van der Waals surface area contributed by atoms with Crippen molar-refractivity contribution in [3.63, 3.8) is 0 Å². The van der Waals surface area contributed by atoms with Crippen molar-refractivity contribution in [1.29, 1.82) is 0 Å². The van der Waals surface area contributed by atoms with E-state index in [0.29, 0.717) is 12.6 Å². The standard InChI is InChI=1S/C12H22N2O3/c1-3-13-11(15)8-14(9-12(16)17-2)10-6-4-5-7-10/h10H,3-9H2,1-2H3,(H,13,15). The second-order valence-corrected chi connectivity index (χ2v) is 4.37. The first-order chi connectivity index (χ1) is 8.17. The number of hydrogen-bond donors (Lipinski definition) is 1. The quantitative estimate of drug-likeness (QED) is 0.691. The van der Waals surface area contributed by atoms with Gasteiger partial charge in [0.05, 0.1) is 20.2 Å². The second-order valence-electron chi connectivity index (χ2n) is 4.37. The Balaban J connectivity index is 2.51. The highest BCUT2D eigenvalue weighted by atomic mass is 16.5. The molecule has 0 saturated heterocycles. The molecule has 1 aliphatic rings.